The maximum atomic E-state index is 12.9. The third-order valence-electron chi connectivity index (χ3n) is 6.05. The molecule has 2 fully saturated rings. The first-order valence-electron chi connectivity index (χ1n) is 9.54. The summed E-state index contributed by atoms with van der Waals surface area (Å²) in [7, 11) is 8.06. The predicted octanol–water partition coefficient (Wildman–Crippen LogP) is 1.37. The molecule has 8 atom stereocenters. The van der Waals surface area contributed by atoms with Crippen molar-refractivity contribution in [2.24, 2.45) is 11.8 Å². The number of aliphatic hydroxyl groups excluding tert-OH is 1. The van der Waals surface area contributed by atoms with Crippen LogP contribution in [-0.4, -0.2) is 83.1 Å². The lowest BCUT2D eigenvalue weighted by Gasteiger charge is -2.42. The summed E-state index contributed by atoms with van der Waals surface area (Å²) in [4.78, 5) is 12.9. The quantitative estimate of drug-likeness (QED) is 0.631. The summed E-state index contributed by atoms with van der Waals surface area (Å²) in [6, 6.07) is 0. The number of methoxy groups -OCH3 is 5. The number of ether oxygens (including phenoxy) is 5. The Morgan fingerprint density at radius 3 is 2.07 bits per heavy atom. The lowest BCUT2D eigenvalue weighted by Crippen LogP contribution is -2.57. The fourth-order valence-electron chi connectivity index (χ4n) is 4.45. The van der Waals surface area contributed by atoms with Gasteiger partial charge in [0.25, 0.3) is 0 Å². The Bertz CT molecular complexity index is 495. The van der Waals surface area contributed by atoms with Crippen LogP contribution in [0.5, 0.6) is 0 Å². The van der Waals surface area contributed by atoms with Crippen LogP contribution in [0.2, 0.25) is 0 Å². The van der Waals surface area contributed by atoms with E-state index in [1.54, 1.807) is 34.5 Å². The molecular formula is C20H34O7. The summed E-state index contributed by atoms with van der Waals surface area (Å²) in [5.74, 6) is -0.689. The number of allylic oxidation sites excluding steroid dienone is 1. The van der Waals surface area contributed by atoms with E-state index in [4.69, 9.17) is 23.7 Å². The molecule has 2 aliphatic carbocycles. The zero-order valence-electron chi connectivity index (χ0n) is 17.0. The van der Waals surface area contributed by atoms with Crippen molar-refractivity contribution in [3.05, 3.63) is 12.2 Å². The van der Waals surface area contributed by atoms with Crippen LogP contribution in [0.25, 0.3) is 0 Å². The molecular weight excluding hydrogens is 352 g/mol. The molecule has 0 heterocycles. The summed E-state index contributed by atoms with van der Waals surface area (Å²) in [5, 5.41) is 10.5. The van der Waals surface area contributed by atoms with Gasteiger partial charge in [-0.2, -0.15) is 0 Å². The van der Waals surface area contributed by atoms with Gasteiger partial charge in [0.1, 0.15) is 6.10 Å². The Morgan fingerprint density at radius 2 is 1.52 bits per heavy atom. The monoisotopic (exact) mass is 386 g/mol. The van der Waals surface area contributed by atoms with E-state index in [9.17, 15) is 9.90 Å². The standard InChI is InChI=1S/C20H34O7/c1-23-13-8-6-12(16(10-13)24-2)7-9-14(21)18-15(22)11-17(25-3)19(26-4)20(18)27-5/h7,9,12-13,15-20,22H,6,8,10-11H2,1-5H3/b9-7+. The molecule has 0 aromatic carbocycles. The summed E-state index contributed by atoms with van der Waals surface area (Å²) in [5.41, 5.74) is 0. The average molecular weight is 386 g/mol. The van der Waals surface area contributed by atoms with Gasteiger partial charge in [0.2, 0.25) is 0 Å². The second-order valence-electron chi connectivity index (χ2n) is 7.37. The van der Waals surface area contributed by atoms with Gasteiger partial charge in [-0.05, 0) is 18.9 Å². The highest BCUT2D eigenvalue weighted by Crippen LogP contribution is 2.33. The van der Waals surface area contributed by atoms with Gasteiger partial charge in [-0.1, -0.05) is 6.08 Å². The Kier molecular flexibility index (Phi) is 8.85. The molecule has 0 aromatic rings. The van der Waals surface area contributed by atoms with Crippen LogP contribution in [0.3, 0.4) is 0 Å². The van der Waals surface area contributed by atoms with Crippen LogP contribution in [0, 0.1) is 11.8 Å². The van der Waals surface area contributed by atoms with Crippen molar-refractivity contribution in [3.63, 3.8) is 0 Å². The topological polar surface area (TPSA) is 83.5 Å². The number of hydrogen-bond donors (Lipinski definition) is 1. The van der Waals surface area contributed by atoms with Crippen molar-refractivity contribution in [2.75, 3.05) is 35.5 Å². The maximum absolute atomic E-state index is 12.9. The molecule has 7 nitrogen and oxygen atoms in total. The highest BCUT2D eigenvalue weighted by molar-refractivity contribution is 5.92. The fourth-order valence-corrected chi connectivity index (χ4v) is 4.45. The lowest BCUT2D eigenvalue weighted by atomic mass is 9.77. The molecule has 0 saturated heterocycles. The minimum absolute atomic E-state index is 0.0202. The van der Waals surface area contributed by atoms with Crippen molar-refractivity contribution in [1.29, 1.82) is 0 Å². The largest absolute Gasteiger partial charge is 0.392 e. The van der Waals surface area contributed by atoms with Gasteiger partial charge in [-0.15, -0.1) is 0 Å². The molecule has 2 aliphatic rings. The number of aliphatic hydroxyl groups is 1. The van der Waals surface area contributed by atoms with Crippen LogP contribution in [0.4, 0.5) is 0 Å². The highest BCUT2D eigenvalue weighted by atomic mass is 16.6. The lowest BCUT2D eigenvalue weighted by molar-refractivity contribution is -0.181. The molecule has 27 heavy (non-hydrogen) atoms. The van der Waals surface area contributed by atoms with Crippen molar-refractivity contribution >= 4 is 5.78 Å². The first kappa shape index (κ1) is 22.5. The summed E-state index contributed by atoms with van der Waals surface area (Å²) >= 11 is 0. The minimum atomic E-state index is -0.842. The number of hydrogen-bond acceptors (Lipinski definition) is 7. The van der Waals surface area contributed by atoms with E-state index < -0.39 is 24.2 Å². The van der Waals surface area contributed by atoms with E-state index in [0.29, 0.717) is 6.42 Å². The predicted molar refractivity (Wildman–Crippen MR) is 99.6 cm³/mol. The molecule has 2 saturated carbocycles. The maximum Gasteiger partial charge on any atom is 0.163 e. The zero-order valence-corrected chi connectivity index (χ0v) is 17.0. The van der Waals surface area contributed by atoms with E-state index in [0.717, 1.165) is 19.3 Å². The zero-order chi connectivity index (χ0) is 20.0. The normalized spacial score (nSPS) is 40.4. The fraction of sp³-hybridized carbons (Fsp3) is 0.850. The minimum Gasteiger partial charge on any atom is -0.392 e. The second-order valence-corrected chi connectivity index (χ2v) is 7.37. The molecule has 8 unspecified atom stereocenters. The van der Waals surface area contributed by atoms with E-state index in [1.165, 1.54) is 7.11 Å². The molecule has 0 spiro atoms. The second kappa shape index (κ2) is 10.6. The molecule has 156 valence electrons. The molecule has 0 bridgehead atoms. The van der Waals surface area contributed by atoms with Crippen molar-refractivity contribution < 1.29 is 33.6 Å². The summed E-state index contributed by atoms with van der Waals surface area (Å²) in [6.07, 6.45) is 4.54. The molecule has 7 heteroatoms. The van der Waals surface area contributed by atoms with Crippen LogP contribution >= 0.6 is 0 Å². The smallest absolute Gasteiger partial charge is 0.163 e. The number of rotatable bonds is 8. The molecule has 0 aromatic heterocycles. The van der Waals surface area contributed by atoms with Gasteiger partial charge >= 0.3 is 0 Å². The van der Waals surface area contributed by atoms with E-state index in [-0.39, 0.29) is 30.0 Å². The van der Waals surface area contributed by atoms with E-state index >= 15 is 0 Å². The third-order valence-corrected chi connectivity index (χ3v) is 6.05. The van der Waals surface area contributed by atoms with Crippen molar-refractivity contribution in [2.45, 2.75) is 62.3 Å². The number of carbonyl (C=O) groups is 1. The number of carbonyl (C=O) groups excluding carboxylic acids is 1. The summed E-state index contributed by atoms with van der Waals surface area (Å²) in [6.45, 7) is 0. The first-order chi connectivity index (χ1) is 13.0. The van der Waals surface area contributed by atoms with Gasteiger partial charge in [0.05, 0.1) is 36.4 Å². The Hall–Kier alpha value is -0.830. The van der Waals surface area contributed by atoms with Gasteiger partial charge < -0.3 is 28.8 Å². The van der Waals surface area contributed by atoms with Crippen LogP contribution in [0.15, 0.2) is 12.2 Å². The Morgan fingerprint density at radius 1 is 0.852 bits per heavy atom. The van der Waals surface area contributed by atoms with Gasteiger partial charge in [0.15, 0.2) is 5.78 Å². The first-order valence-corrected chi connectivity index (χ1v) is 9.54. The SMILES string of the molecule is COC1CCC(/C=C/C(=O)C2C(O)CC(OC)C(OC)C2OC)C(OC)C1. The van der Waals surface area contributed by atoms with Crippen LogP contribution in [-0.2, 0) is 28.5 Å². The van der Waals surface area contributed by atoms with Gasteiger partial charge in [0, 0.05) is 54.3 Å². The molecule has 0 aliphatic heterocycles. The van der Waals surface area contributed by atoms with Crippen molar-refractivity contribution in [3.8, 4) is 0 Å². The molecule has 0 amide bonds. The Balaban J connectivity index is 2.09. The molecule has 2 rings (SSSR count). The molecule has 1 N–H and O–H groups in total. The summed E-state index contributed by atoms with van der Waals surface area (Å²) < 4.78 is 27.5. The third kappa shape index (κ3) is 5.16. The van der Waals surface area contributed by atoms with Crippen molar-refractivity contribution in [1.82, 2.24) is 0 Å². The Labute approximate surface area is 161 Å². The molecule has 0 radical (unpaired) electrons. The van der Waals surface area contributed by atoms with Crippen LogP contribution < -0.4 is 0 Å². The van der Waals surface area contributed by atoms with Gasteiger partial charge in [-0.25, -0.2) is 0 Å². The van der Waals surface area contributed by atoms with Gasteiger partial charge in [-0.3, -0.25) is 4.79 Å². The highest BCUT2D eigenvalue weighted by Gasteiger charge is 2.47. The average Bonchev–Trinajstić information content (AvgIpc) is 2.70. The van der Waals surface area contributed by atoms with E-state index in [1.807, 2.05) is 6.08 Å². The number of ketones is 1. The van der Waals surface area contributed by atoms with E-state index in [2.05, 4.69) is 0 Å². The van der Waals surface area contributed by atoms with Crippen LogP contribution in [0.1, 0.15) is 25.7 Å².